The van der Waals surface area contributed by atoms with E-state index in [4.69, 9.17) is 9.47 Å². The summed E-state index contributed by atoms with van der Waals surface area (Å²) < 4.78 is 12.5. The number of pyridine rings is 1. The summed E-state index contributed by atoms with van der Waals surface area (Å²) in [4.78, 5) is 23.7. The number of hydrogen-bond acceptors (Lipinski definition) is 5. The third-order valence-electron chi connectivity index (χ3n) is 3.62. The average molecular weight is 330 g/mol. The van der Waals surface area contributed by atoms with Crippen molar-refractivity contribution < 1.29 is 19.4 Å². The molecule has 24 heavy (non-hydrogen) atoms. The van der Waals surface area contributed by atoms with Gasteiger partial charge in [-0.2, -0.15) is 0 Å². The van der Waals surface area contributed by atoms with E-state index in [0.717, 1.165) is 0 Å². The highest BCUT2D eigenvalue weighted by Crippen LogP contribution is 2.30. The number of nitrogens with zero attached hydrogens (tertiary/aromatic N) is 1. The Morgan fingerprint density at radius 2 is 2.00 bits per heavy atom. The number of fused-ring (bicyclic) bond motifs is 1. The van der Waals surface area contributed by atoms with Gasteiger partial charge in [-0.05, 0) is 18.2 Å². The van der Waals surface area contributed by atoms with Crippen LogP contribution < -0.4 is 20.3 Å². The molecule has 1 aliphatic heterocycles. The van der Waals surface area contributed by atoms with E-state index in [2.05, 4.69) is 5.32 Å². The van der Waals surface area contributed by atoms with Crippen LogP contribution in [0.3, 0.4) is 0 Å². The van der Waals surface area contributed by atoms with Gasteiger partial charge in [0.05, 0.1) is 12.6 Å². The fourth-order valence-corrected chi connectivity index (χ4v) is 2.38. The molecule has 1 aromatic heterocycles. The third-order valence-corrected chi connectivity index (χ3v) is 3.62. The van der Waals surface area contributed by atoms with Crippen molar-refractivity contribution in [2.45, 2.75) is 18.8 Å². The lowest BCUT2D eigenvalue weighted by Crippen LogP contribution is -2.46. The minimum atomic E-state index is -0.883. The maximum Gasteiger partial charge on any atom is 0.264 e. The first-order valence-corrected chi connectivity index (χ1v) is 7.63. The molecular weight excluding hydrogens is 312 g/mol. The summed E-state index contributed by atoms with van der Waals surface area (Å²) in [5.41, 5.74) is -0.205. The molecule has 1 aliphatic rings. The van der Waals surface area contributed by atoms with Crippen LogP contribution in [0.5, 0.6) is 11.5 Å². The molecule has 0 saturated heterocycles. The molecule has 126 valence electrons. The van der Waals surface area contributed by atoms with Gasteiger partial charge in [0.2, 0.25) is 6.10 Å². The molecule has 2 aromatic rings. The number of carbonyl (C=O) groups is 1. The molecule has 3 rings (SSSR count). The van der Waals surface area contributed by atoms with Gasteiger partial charge >= 0.3 is 0 Å². The molecule has 0 aliphatic carbocycles. The lowest BCUT2D eigenvalue weighted by Gasteiger charge is -2.26. The Kier molecular flexibility index (Phi) is 4.81. The van der Waals surface area contributed by atoms with Crippen LogP contribution in [0.25, 0.3) is 0 Å². The second-order valence-corrected chi connectivity index (χ2v) is 5.45. The van der Waals surface area contributed by atoms with Gasteiger partial charge in [0.1, 0.15) is 6.61 Å². The standard InChI is InChI=1S/C17H18N2O5/c20-12(10-19-8-4-3-7-16(19)21)9-18-17(22)15-11-23-13-5-1-2-6-14(13)24-15/h1-8,12,15,20H,9-11H2,(H,18,22). The number of hydrogen-bond donors (Lipinski definition) is 2. The topological polar surface area (TPSA) is 89.8 Å². The molecule has 0 fully saturated rings. The first kappa shape index (κ1) is 16.1. The van der Waals surface area contributed by atoms with Crippen molar-refractivity contribution in [2.24, 2.45) is 0 Å². The minimum Gasteiger partial charge on any atom is -0.485 e. The van der Waals surface area contributed by atoms with Crippen LogP contribution in [0.1, 0.15) is 0 Å². The number of ether oxygens (including phenoxy) is 2. The van der Waals surface area contributed by atoms with Crippen LogP contribution in [-0.2, 0) is 11.3 Å². The normalized spacial score (nSPS) is 17.1. The van der Waals surface area contributed by atoms with Gasteiger partial charge < -0.3 is 24.5 Å². The number of rotatable bonds is 5. The number of nitrogens with one attached hydrogen (secondary N) is 1. The Morgan fingerprint density at radius 3 is 2.79 bits per heavy atom. The maximum atomic E-state index is 12.1. The summed E-state index contributed by atoms with van der Waals surface area (Å²) in [5.74, 6) is 0.745. The molecule has 0 bridgehead atoms. The number of amides is 1. The molecule has 7 heteroatoms. The van der Waals surface area contributed by atoms with E-state index < -0.39 is 12.2 Å². The molecule has 0 radical (unpaired) electrons. The highest BCUT2D eigenvalue weighted by Gasteiger charge is 2.27. The molecule has 7 nitrogen and oxygen atoms in total. The van der Waals surface area contributed by atoms with Crippen LogP contribution in [-0.4, -0.2) is 40.9 Å². The van der Waals surface area contributed by atoms with Crippen molar-refractivity contribution in [3.63, 3.8) is 0 Å². The first-order valence-electron chi connectivity index (χ1n) is 7.63. The minimum absolute atomic E-state index is 0.0156. The van der Waals surface area contributed by atoms with E-state index in [-0.39, 0.29) is 31.2 Å². The summed E-state index contributed by atoms with van der Waals surface area (Å²) in [6.07, 6.45) is -0.0695. The molecule has 0 saturated carbocycles. The smallest absolute Gasteiger partial charge is 0.264 e. The number of aromatic nitrogens is 1. The SMILES string of the molecule is O=C(NCC(O)Cn1ccccc1=O)C1COc2ccccc2O1. The van der Waals surface area contributed by atoms with Gasteiger partial charge in [-0.25, -0.2) is 0 Å². The highest BCUT2D eigenvalue weighted by atomic mass is 16.6. The largest absolute Gasteiger partial charge is 0.485 e. The quantitative estimate of drug-likeness (QED) is 0.815. The lowest BCUT2D eigenvalue weighted by atomic mass is 10.2. The van der Waals surface area contributed by atoms with Gasteiger partial charge in [-0.1, -0.05) is 18.2 Å². The Balaban J connectivity index is 1.51. The van der Waals surface area contributed by atoms with Gasteiger partial charge in [0.15, 0.2) is 11.5 Å². The monoisotopic (exact) mass is 330 g/mol. The molecular formula is C17H18N2O5. The van der Waals surface area contributed by atoms with Gasteiger partial charge in [0, 0.05) is 18.8 Å². The second kappa shape index (κ2) is 7.18. The van der Waals surface area contributed by atoms with Crippen LogP contribution in [0.15, 0.2) is 53.5 Å². The number of aliphatic hydroxyl groups is 1. The Hall–Kier alpha value is -2.80. The van der Waals surface area contributed by atoms with E-state index in [1.807, 2.05) is 6.07 Å². The molecule has 2 unspecified atom stereocenters. The van der Waals surface area contributed by atoms with Crippen LogP contribution in [0.2, 0.25) is 0 Å². The van der Waals surface area contributed by atoms with Gasteiger partial charge in [-0.3, -0.25) is 9.59 Å². The molecule has 1 aromatic carbocycles. The molecule has 2 N–H and O–H groups in total. The van der Waals surface area contributed by atoms with Crippen LogP contribution in [0.4, 0.5) is 0 Å². The summed E-state index contributed by atoms with van der Waals surface area (Å²) in [6, 6.07) is 11.9. The zero-order valence-corrected chi connectivity index (χ0v) is 12.9. The fraction of sp³-hybridized carbons (Fsp3) is 0.294. The summed E-state index contributed by atoms with van der Waals surface area (Å²) in [7, 11) is 0. The maximum absolute atomic E-state index is 12.1. The Labute approximate surface area is 138 Å². The Bertz CT molecular complexity index is 773. The third kappa shape index (κ3) is 3.75. The average Bonchev–Trinajstić information content (AvgIpc) is 2.61. The molecule has 1 amide bonds. The van der Waals surface area contributed by atoms with Crippen molar-refractivity contribution in [3.8, 4) is 11.5 Å². The molecule has 2 atom stereocenters. The number of para-hydroxylation sites is 2. The predicted molar refractivity (Wildman–Crippen MR) is 86.1 cm³/mol. The first-order chi connectivity index (χ1) is 11.6. The van der Waals surface area contributed by atoms with Crippen molar-refractivity contribution in [1.29, 1.82) is 0 Å². The van der Waals surface area contributed by atoms with Gasteiger partial charge in [-0.15, -0.1) is 0 Å². The van der Waals surface area contributed by atoms with Crippen molar-refractivity contribution in [3.05, 3.63) is 59.0 Å². The number of benzene rings is 1. The van der Waals surface area contributed by atoms with Gasteiger partial charge in [0.25, 0.3) is 11.5 Å². The van der Waals surface area contributed by atoms with E-state index >= 15 is 0 Å². The predicted octanol–water partition coefficient (Wildman–Crippen LogP) is 0.165. The van der Waals surface area contributed by atoms with Crippen molar-refractivity contribution >= 4 is 5.91 Å². The van der Waals surface area contributed by atoms with Crippen LogP contribution in [0, 0.1) is 0 Å². The zero-order valence-electron chi connectivity index (χ0n) is 12.9. The fourth-order valence-electron chi connectivity index (χ4n) is 2.38. The van der Waals surface area contributed by atoms with E-state index in [1.54, 1.807) is 36.5 Å². The number of carbonyl (C=O) groups excluding carboxylic acids is 1. The summed E-state index contributed by atoms with van der Waals surface area (Å²) in [5, 5.41) is 12.6. The second-order valence-electron chi connectivity index (χ2n) is 5.45. The zero-order chi connectivity index (χ0) is 16.9. The van der Waals surface area contributed by atoms with Crippen molar-refractivity contribution in [2.75, 3.05) is 13.2 Å². The van der Waals surface area contributed by atoms with Crippen LogP contribution >= 0.6 is 0 Å². The summed E-state index contributed by atoms with van der Waals surface area (Å²) in [6.45, 7) is 0.226. The number of aliphatic hydroxyl groups excluding tert-OH is 1. The highest BCUT2D eigenvalue weighted by molar-refractivity contribution is 5.81. The Morgan fingerprint density at radius 1 is 1.25 bits per heavy atom. The van der Waals surface area contributed by atoms with E-state index in [1.165, 1.54) is 10.6 Å². The van der Waals surface area contributed by atoms with E-state index in [0.29, 0.717) is 11.5 Å². The lowest BCUT2D eigenvalue weighted by molar-refractivity contribution is -0.130. The summed E-state index contributed by atoms with van der Waals surface area (Å²) >= 11 is 0. The molecule has 2 heterocycles. The van der Waals surface area contributed by atoms with E-state index in [9.17, 15) is 14.7 Å². The molecule has 0 spiro atoms. The van der Waals surface area contributed by atoms with Crippen molar-refractivity contribution in [1.82, 2.24) is 9.88 Å².